The minimum Gasteiger partial charge on any atom is -0.352 e. The lowest BCUT2D eigenvalue weighted by Crippen LogP contribution is -2.37. The Bertz CT molecular complexity index is 1220. The Hall–Kier alpha value is -2.67. The molecule has 2 atom stereocenters. The molecule has 5 rings (SSSR count). The second-order valence-corrected chi connectivity index (χ2v) is 11.4. The number of hydrogen-bond donors (Lipinski definition) is 0. The van der Waals surface area contributed by atoms with Crippen molar-refractivity contribution in [2.24, 2.45) is 0 Å². The number of carbonyl (C=O) groups excluding carboxylic acids is 1. The zero-order valence-electron chi connectivity index (χ0n) is 20.3. The van der Waals surface area contributed by atoms with E-state index in [1.807, 2.05) is 11.1 Å². The largest absolute Gasteiger partial charge is 0.352 e. The van der Waals surface area contributed by atoms with Crippen molar-refractivity contribution in [3.05, 3.63) is 81.7 Å². The fourth-order valence-corrected chi connectivity index (χ4v) is 6.83. The smallest absolute Gasteiger partial charge is 0.246 e. The van der Waals surface area contributed by atoms with Gasteiger partial charge in [-0.2, -0.15) is 0 Å². The van der Waals surface area contributed by atoms with Crippen molar-refractivity contribution < 1.29 is 4.79 Å². The molecular formula is C28H31ClN4OS. The molecule has 0 bridgehead atoms. The minimum absolute atomic E-state index is 0.0466. The Labute approximate surface area is 216 Å². The summed E-state index contributed by atoms with van der Waals surface area (Å²) in [5.74, 6) is 1.04. The normalized spacial score (nSPS) is 19.8. The molecule has 7 heteroatoms. The molecule has 1 aromatic carbocycles. The van der Waals surface area contributed by atoms with Crippen LogP contribution in [0, 0.1) is 0 Å². The second-order valence-electron chi connectivity index (χ2n) is 9.65. The van der Waals surface area contributed by atoms with E-state index < -0.39 is 0 Å². The molecule has 2 aliphatic rings. The molecule has 0 saturated carbocycles. The lowest BCUT2D eigenvalue weighted by molar-refractivity contribution is -0.127. The Morgan fingerprint density at radius 3 is 2.83 bits per heavy atom. The van der Waals surface area contributed by atoms with E-state index in [4.69, 9.17) is 16.6 Å². The number of amides is 1. The van der Waals surface area contributed by atoms with Crippen LogP contribution in [0.15, 0.2) is 61.3 Å². The molecular weight excluding hydrogens is 476 g/mol. The van der Waals surface area contributed by atoms with Gasteiger partial charge in [0, 0.05) is 48.2 Å². The maximum absolute atomic E-state index is 12.5. The second kappa shape index (κ2) is 10.1. The molecule has 1 saturated heterocycles. The highest BCUT2D eigenvalue weighted by molar-refractivity contribution is 7.16. The van der Waals surface area contributed by atoms with Crippen molar-refractivity contribution in [3.63, 3.8) is 0 Å². The molecule has 1 fully saturated rings. The molecule has 35 heavy (non-hydrogen) atoms. The van der Waals surface area contributed by atoms with Crippen molar-refractivity contribution in [1.29, 1.82) is 0 Å². The number of benzene rings is 1. The summed E-state index contributed by atoms with van der Waals surface area (Å²) in [5, 5.41) is 0. The van der Waals surface area contributed by atoms with Crippen LogP contribution in [0.1, 0.15) is 34.8 Å². The Balaban J connectivity index is 1.48. The van der Waals surface area contributed by atoms with E-state index in [1.165, 1.54) is 30.0 Å². The summed E-state index contributed by atoms with van der Waals surface area (Å²) in [7, 11) is 4.26. The first-order chi connectivity index (χ1) is 16.9. The summed E-state index contributed by atoms with van der Waals surface area (Å²) in [6.07, 6.45) is 5.81. The van der Waals surface area contributed by atoms with Gasteiger partial charge in [-0.15, -0.1) is 11.3 Å². The monoisotopic (exact) mass is 506 g/mol. The number of nitrogens with zero attached hydrogens (tertiary/aromatic N) is 4. The zero-order valence-corrected chi connectivity index (χ0v) is 21.9. The Morgan fingerprint density at radius 1 is 1.26 bits per heavy atom. The lowest BCUT2D eigenvalue weighted by atomic mass is 9.84. The molecule has 3 aromatic rings. The van der Waals surface area contributed by atoms with Gasteiger partial charge in [-0.3, -0.25) is 4.79 Å². The van der Waals surface area contributed by atoms with Gasteiger partial charge in [-0.25, -0.2) is 4.98 Å². The van der Waals surface area contributed by atoms with Gasteiger partial charge in [0.05, 0.1) is 10.9 Å². The zero-order chi connectivity index (χ0) is 24.5. The predicted molar refractivity (Wildman–Crippen MR) is 145 cm³/mol. The molecule has 0 radical (unpaired) electrons. The van der Waals surface area contributed by atoms with Crippen LogP contribution in [0.3, 0.4) is 0 Å². The standard InChI is InChI=1S/C28H31ClN4OS/c1-4-28(34)32-17-24(23-14-26(29)35-25(23)18-32)22-10-6-5-9-21(22)19-11-12-27(30-15-19)33-13-7-8-20(33)16-31(2)3/h4-6,9-12,14-15,20,24H,1,7-8,13,16-18H2,2-3H3/t20-,24-/m0/s1. The van der Waals surface area contributed by atoms with E-state index in [-0.39, 0.29) is 11.8 Å². The molecule has 4 heterocycles. The number of rotatable bonds is 6. The lowest BCUT2D eigenvalue weighted by Gasteiger charge is -2.33. The number of likely N-dealkylation sites (N-methyl/N-ethyl adjacent to an activating group) is 1. The SMILES string of the molecule is C=CC(=O)N1Cc2sc(Cl)cc2[C@H](c2ccccc2-c2ccc(N3CCC[C@H]3CN(C)C)nc2)C1. The summed E-state index contributed by atoms with van der Waals surface area (Å²) in [6, 6.07) is 15.4. The summed E-state index contributed by atoms with van der Waals surface area (Å²) in [5.41, 5.74) is 4.63. The van der Waals surface area contributed by atoms with Gasteiger partial charge >= 0.3 is 0 Å². The van der Waals surface area contributed by atoms with Crippen LogP contribution < -0.4 is 4.90 Å². The molecule has 0 unspecified atom stereocenters. The number of fused-ring (bicyclic) bond motifs is 1. The summed E-state index contributed by atoms with van der Waals surface area (Å²) in [4.78, 5) is 25.1. The molecule has 1 amide bonds. The molecule has 5 nitrogen and oxygen atoms in total. The Morgan fingerprint density at radius 2 is 2.09 bits per heavy atom. The van der Waals surface area contributed by atoms with Crippen LogP contribution in [-0.4, -0.2) is 60.5 Å². The summed E-state index contributed by atoms with van der Waals surface area (Å²) >= 11 is 7.98. The van der Waals surface area contributed by atoms with Gasteiger partial charge in [-0.1, -0.05) is 42.4 Å². The van der Waals surface area contributed by atoms with Gasteiger partial charge in [-0.05, 0) is 67.9 Å². The maximum atomic E-state index is 12.5. The number of hydrogen-bond acceptors (Lipinski definition) is 5. The predicted octanol–water partition coefficient (Wildman–Crippen LogP) is 5.65. The highest BCUT2D eigenvalue weighted by atomic mass is 35.5. The van der Waals surface area contributed by atoms with Gasteiger partial charge in [0.15, 0.2) is 0 Å². The third-order valence-corrected chi connectivity index (χ3v) is 8.32. The number of halogens is 1. The van der Waals surface area contributed by atoms with E-state index >= 15 is 0 Å². The topological polar surface area (TPSA) is 39.7 Å². The first kappa shape index (κ1) is 24.0. The van der Waals surface area contributed by atoms with E-state index in [0.29, 0.717) is 19.1 Å². The van der Waals surface area contributed by atoms with Crippen LogP contribution in [0.5, 0.6) is 0 Å². The third-order valence-electron chi connectivity index (χ3n) is 7.05. The summed E-state index contributed by atoms with van der Waals surface area (Å²) < 4.78 is 0.759. The van der Waals surface area contributed by atoms with Gasteiger partial charge < -0.3 is 14.7 Å². The number of pyridine rings is 1. The molecule has 2 aromatic heterocycles. The highest BCUT2D eigenvalue weighted by Gasteiger charge is 2.32. The number of anilines is 1. The fourth-order valence-electron chi connectivity index (χ4n) is 5.47. The first-order valence-electron chi connectivity index (χ1n) is 12.1. The minimum atomic E-state index is -0.0495. The number of thiophene rings is 1. The van der Waals surface area contributed by atoms with Crippen molar-refractivity contribution >= 4 is 34.7 Å². The van der Waals surface area contributed by atoms with Crippen molar-refractivity contribution in [2.45, 2.75) is 31.3 Å². The van der Waals surface area contributed by atoms with Crippen molar-refractivity contribution in [2.75, 3.05) is 38.6 Å². The quantitative estimate of drug-likeness (QED) is 0.405. The Kier molecular flexibility index (Phi) is 6.96. The molecule has 0 N–H and O–H groups in total. The molecule has 0 aliphatic carbocycles. The maximum Gasteiger partial charge on any atom is 0.246 e. The molecule has 2 aliphatic heterocycles. The average Bonchev–Trinajstić information content (AvgIpc) is 3.48. The molecule has 0 spiro atoms. The van der Waals surface area contributed by atoms with Gasteiger partial charge in [0.25, 0.3) is 0 Å². The molecule has 182 valence electrons. The fraction of sp³-hybridized carbons (Fsp3) is 0.357. The third kappa shape index (κ3) is 4.88. The van der Waals surface area contributed by atoms with Gasteiger partial charge in [0.2, 0.25) is 5.91 Å². The average molecular weight is 507 g/mol. The van der Waals surface area contributed by atoms with Crippen molar-refractivity contribution in [1.82, 2.24) is 14.8 Å². The highest BCUT2D eigenvalue weighted by Crippen LogP contribution is 2.43. The van der Waals surface area contributed by atoms with E-state index in [2.05, 4.69) is 72.9 Å². The number of aromatic nitrogens is 1. The van der Waals surface area contributed by atoms with Crippen LogP contribution in [0.25, 0.3) is 11.1 Å². The van der Waals surface area contributed by atoms with E-state index in [0.717, 1.165) is 39.2 Å². The van der Waals surface area contributed by atoms with E-state index in [1.54, 1.807) is 11.3 Å². The summed E-state index contributed by atoms with van der Waals surface area (Å²) in [6.45, 7) is 6.97. The van der Waals surface area contributed by atoms with E-state index in [9.17, 15) is 4.79 Å². The van der Waals surface area contributed by atoms with Crippen LogP contribution in [-0.2, 0) is 11.3 Å². The first-order valence-corrected chi connectivity index (χ1v) is 13.3. The number of carbonyl (C=O) groups is 1. The van der Waals surface area contributed by atoms with Crippen LogP contribution >= 0.6 is 22.9 Å². The van der Waals surface area contributed by atoms with Gasteiger partial charge in [0.1, 0.15) is 5.82 Å². The van der Waals surface area contributed by atoms with Crippen LogP contribution in [0.2, 0.25) is 4.34 Å². The van der Waals surface area contributed by atoms with Crippen LogP contribution in [0.4, 0.5) is 5.82 Å². The van der Waals surface area contributed by atoms with Crippen molar-refractivity contribution in [3.8, 4) is 11.1 Å².